The molecule has 1 aromatic rings. The van der Waals surface area contributed by atoms with Gasteiger partial charge in [-0.05, 0) is 24.1 Å². The van der Waals surface area contributed by atoms with Gasteiger partial charge >= 0.3 is 0 Å². The summed E-state index contributed by atoms with van der Waals surface area (Å²) in [5.74, 6) is 0.962. The number of benzene rings is 1. The molecule has 1 unspecified atom stereocenters. The molecule has 0 spiro atoms. The first-order chi connectivity index (χ1) is 9.40. The lowest BCUT2D eigenvalue weighted by atomic mass is 10.1. The topological polar surface area (TPSA) is 30.5 Å². The van der Waals surface area contributed by atoms with Gasteiger partial charge in [0.05, 0.1) is 19.3 Å². The quantitative estimate of drug-likeness (QED) is 0.766. The number of hydrogen-bond acceptors (Lipinski definition) is 3. The molecule has 1 aromatic carbocycles. The molecule has 1 aliphatic rings. The van der Waals surface area contributed by atoms with E-state index in [0.717, 1.165) is 38.5 Å². The Hall–Kier alpha value is -1.06. The Morgan fingerprint density at radius 2 is 2.05 bits per heavy atom. The maximum atomic E-state index is 5.74. The molecule has 1 heterocycles. The molecule has 0 aromatic heterocycles. The molecule has 0 radical (unpaired) electrons. The molecule has 106 valence electrons. The van der Waals surface area contributed by atoms with E-state index in [1.807, 2.05) is 12.1 Å². The van der Waals surface area contributed by atoms with Crippen LogP contribution in [0.25, 0.3) is 0 Å². The van der Waals surface area contributed by atoms with Crippen LogP contribution in [0, 0.1) is 0 Å². The summed E-state index contributed by atoms with van der Waals surface area (Å²) in [6.07, 6.45) is 5.16. The van der Waals surface area contributed by atoms with Gasteiger partial charge in [0.15, 0.2) is 0 Å². The summed E-state index contributed by atoms with van der Waals surface area (Å²) < 4.78 is 11.5. The van der Waals surface area contributed by atoms with Crippen molar-refractivity contribution in [2.24, 2.45) is 0 Å². The highest BCUT2D eigenvalue weighted by Crippen LogP contribution is 2.21. The van der Waals surface area contributed by atoms with Crippen LogP contribution < -0.4 is 10.1 Å². The van der Waals surface area contributed by atoms with Crippen molar-refractivity contribution in [3.05, 3.63) is 29.8 Å². The van der Waals surface area contributed by atoms with Crippen molar-refractivity contribution in [3.63, 3.8) is 0 Å². The van der Waals surface area contributed by atoms with E-state index in [0.29, 0.717) is 0 Å². The Balaban J connectivity index is 1.74. The van der Waals surface area contributed by atoms with Crippen LogP contribution in [0.4, 0.5) is 0 Å². The smallest absolute Gasteiger partial charge is 0.119 e. The molecule has 0 aliphatic carbocycles. The van der Waals surface area contributed by atoms with Crippen LogP contribution in [-0.2, 0) is 4.74 Å². The highest BCUT2D eigenvalue weighted by atomic mass is 16.5. The molecule has 0 bridgehead atoms. The van der Waals surface area contributed by atoms with E-state index in [2.05, 4.69) is 24.4 Å². The zero-order valence-electron chi connectivity index (χ0n) is 11.9. The minimum Gasteiger partial charge on any atom is -0.494 e. The Kier molecular flexibility index (Phi) is 6.18. The summed E-state index contributed by atoms with van der Waals surface area (Å²) in [4.78, 5) is 0. The first kappa shape index (κ1) is 14.4. The molecule has 1 fully saturated rings. The number of morpholine rings is 1. The van der Waals surface area contributed by atoms with E-state index in [1.54, 1.807) is 0 Å². The van der Waals surface area contributed by atoms with E-state index < -0.39 is 0 Å². The Morgan fingerprint density at radius 3 is 2.74 bits per heavy atom. The molecule has 0 amide bonds. The van der Waals surface area contributed by atoms with Crippen LogP contribution >= 0.6 is 0 Å². The van der Waals surface area contributed by atoms with E-state index in [-0.39, 0.29) is 6.10 Å². The standard InChI is InChI=1S/C16H25NO2/c1-2-3-4-5-11-18-15-8-6-14(7-9-15)16-13-17-10-12-19-16/h6-9,16-17H,2-5,10-13H2,1H3. The fourth-order valence-corrected chi connectivity index (χ4v) is 2.28. The maximum absolute atomic E-state index is 5.74. The summed E-state index contributed by atoms with van der Waals surface area (Å²) in [5.41, 5.74) is 1.23. The number of rotatable bonds is 7. The Bertz CT molecular complexity index is 344. The third kappa shape index (κ3) is 4.84. The van der Waals surface area contributed by atoms with Gasteiger partial charge in [0.2, 0.25) is 0 Å². The highest BCUT2D eigenvalue weighted by Gasteiger charge is 2.15. The second kappa shape index (κ2) is 8.18. The molecule has 1 aliphatic heterocycles. The summed E-state index contributed by atoms with van der Waals surface area (Å²) in [6.45, 7) is 5.69. The molecule has 3 heteroatoms. The molecular formula is C16H25NO2. The number of hydrogen-bond donors (Lipinski definition) is 1. The van der Waals surface area contributed by atoms with Crippen molar-refractivity contribution in [1.29, 1.82) is 0 Å². The maximum Gasteiger partial charge on any atom is 0.119 e. The third-order valence-corrected chi connectivity index (χ3v) is 3.45. The van der Waals surface area contributed by atoms with Crippen LogP contribution in [0.3, 0.4) is 0 Å². The number of unbranched alkanes of at least 4 members (excludes halogenated alkanes) is 3. The van der Waals surface area contributed by atoms with Gasteiger partial charge in [-0.1, -0.05) is 38.3 Å². The predicted molar refractivity (Wildman–Crippen MR) is 77.6 cm³/mol. The van der Waals surface area contributed by atoms with Crippen molar-refractivity contribution in [1.82, 2.24) is 5.32 Å². The van der Waals surface area contributed by atoms with Gasteiger partial charge in [0.25, 0.3) is 0 Å². The first-order valence-electron chi connectivity index (χ1n) is 7.45. The van der Waals surface area contributed by atoms with Crippen LogP contribution in [0.2, 0.25) is 0 Å². The summed E-state index contributed by atoms with van der Waals surface area (Å²) >= 11 is 0. The lowest BCUT2D eigenvalue weighted by molar-refractivity contribution is 0.0277. The lowest BCUT2D eigenvalue weighted by Gasteiger charge is -2.24. The molecule has 1 saturated heterocycles. The van der Waals surface area contributed by atoms with E-state index in [4.69, 9.17) is 9.47 Å². The fourth-order valence-electron chi connectivity index (χ4n) is 2.28. The van der Waals surface area contributed by atoms with Gasteiger partial charge in [-0.25, -0.2) is 0 Å². The minimum absolute atomic E-state index is 0.187. The average Bonchev–Trinajstić information content (AvgIpc) is 2.49. The average molecular weight is 263 g/mol. The summed E-state index contributed by atoms with van der Waals surface area (Å²) in [5, 5.41) is 3.35. The van der Waals surface area contributed by atoms with Crippen molar-refractivity contribution in [2.45, 2.75) is 38.7 Å². The van der Waals surface area contributed by atoms with E-state index in [1.165, 1.54) is 24.8 Å². The van der Waals surface area contributed by atoms with E-state index in [9.17, 15) is 0 Å². The van der Waals surface area contributed by atoms with Gasteiger partial charge in [-0.2, -0.15) is 0 Å². The zero-order chi connectivity index (χ0) is 13.3. The van der Waals surface area contributed by atoms with Gasteiger partial charge in [0.1, 0.15) is 5.75 Å². The third-order valence-electron chi connectivity index (χ3n) is 3.45. The Morgan fingerprint density at radius 1 is 1.21 bits per heavy atom. The largest absolute Gasteiger partial charge is 0.494 e. The van der Waals surface area contributed by atoms with Gasteiger partial charge in [0, 0.05) is 13.1 Å². The predicted octanol–water partition coefficient (Wildman–Crippen LogP) is 3.31. The zero-order valence-corrected chi connectivity index (χ0v) is 11.9. The van der Waals surface area contributed by atoms with Crippen LogP contribution in [0.15, 0.2) is 24.3 Å². The molecule has 19 heavy (non-hydrogen) atoms. The molecule has 1 atom stereocenters. The lowest BCUT2D eigenvalue weighted by Crippen LogP contribution is -2.33. The molecule has 3 nitrogen and oxygen atoms in total. The van der Waals surface area contributed by atoms with Crippen molar-refractivity contribution < 1.29 is 9.47 Å². The highest BCUT2D eigenvalue weighted by molar-refractivity contribution is 5.29. The van der Waals surface area contributed by atoms with Crippen molar-refractivity contribution >= 4 is 0 Å². The monoisotopic (exact) mass is 263 g/mol. The first-order valence-corrected chi connectivity index (χ1v) is 7.45. The van der Waals surface area contributed by atoms with Gasteiger partial charge in [-0.3, -0.25) is 0 Å². The SMILES string of the molecule is CCCCCCOc1ccc(C2CNCCO2)cc1. The normalized spacial score (nSPS) is 19.3. The number of nitrogens with one attached hydrogen (secondary N) is 1. The minimum atomic E-state index is 0.187. The van der Waals surface area contributed by atoms with Crippen molar-refractivity contribution in [3.8, 4) is 5.75 Å². The molecule has 1 N–H and O–H groups in total. The molecular weight excluding hydrogens is 238 g/mol. The van der Waals surface area contributed by atoms with E-state index >= 15 is 0 Å². The van der Waals surface area contributed by atoms with Crippen LogP contribution in [0.5, 0.6) is 5.75 Å². The van der Waals surface area contributed by atoms with Gasteiger partial charge < -0.3 is 14.8 Å². The number of ether oxygens (including phenoxy) is 2. The second-order valence-electron chi connectivity index (χ2n) is 5.04. The summed E-state index contributed by atoms with van der Waals surface area (Å²) in [6, 6.07) is 8.32. The Labute approximate surface area is 116 Å². The summed E-state index contributed by atoms with van der Waals surface area (Å²) in [7, 11) is 0. The molecule has 0 saturated carbocycles. The van der Waals surface area contributed by atoms with Crippen molar-refractivity contribution in [2.75, 3.05) is 26.3 Å². The van der Waals surface area contributed by atoms with Crippen LogP contribution in [-0.4, -0.2) is 26.3 Å². The van der Waals surface area contributed by atoms with Gasteiger partial charge in [-0.15, -0.1) is 0 Å². The fraction of sp³-hybridized carbons (Fsp3) is 0.625. The molecule has 2 rings (SSSR count). The second-order valence-corrected chi connectivity index (χ2v) is 5.04. The van der Waals surface area contributed by atoms with Crippen LogP contribution in [0.1, 0.15) is 44.3 Å².